The van der Waals surface area contributed by atoms with E-state index < -0.39 is 17.7 Å². The molecule has 4 rings (SSSR count). The Labute approximate surface area is 189 Å². The van der Waals surface area contributed by atoms with Gasteiger partial charge in [-0.15, -0.1) is 0 Å². The SMILES string of the molecule is CC(C)(O)C(F)CNC(=O)c1cnc(-n2ncc3cc(C#N)cnc32)cc1N[C@@H]1C[C@H]1CO. The molecule has 1 aliphatic carbocycles. The molecule has 1 fully saturated rings. The maximum absolute atomic E-state index is 14.1. The van der Waals surface area contributed by atoms with Gasteiger partial charge >= 0.3 is 0 Å². The molecule has 3 aromatic heterocycles. The first-order valence-corrected chi connectivity index (χ1v) is 10.5. The first-order valence-electron chi connectivity index (χ1n) is 10.5. The first-order chi connectivity index (χ1) is 15.7. The van der Waals surface area contributed by atoms with Crippen LogP contribution >= 0.6 is 0 Å². The molecule has 11 heteroatoms. The number of amides is 1. The number of rotatable bonds is 8. The number of hydrogen-bond acceptors (Lipinski definition) is 8. The van der Waals surface area contributed by atoms with Crippen LogP contribution < -0.4 is 10.6 Å². The van der Waals surface area contributed by atoms with E-state index in [2.05, 4.69) is 25.7 Å². The third kappa shape index (κ3) is 4.76. The fourth-order valence-electron chi connectivity index (χ4n) is 3.36. The molecule has 3 aromatic rings. The van der Waals surface area contributed by atoms with Crippen LogP contribution in [0.2, 0.25) is 0 Å². The molecule has 172 valence electrons. The van der Waals surface area contributed by atoms with E-state index in [1.54, 1.807) is 18.3 Å². The fourth-order valence-corrected chi connectivity index (χ4v) is 3.36. The fraction of sp³-hybridized carbons (Fsp3) is 0.409. The summed E-state index contributed by atoms with van der Waals surface area (Å²) in [4.78, 5) is 21.4. The topological polar surface area (TPSA) is 149 Å². The third-order valence-electron chi connectivity index (χ3n) is 5.59. The Kier molecular flexibility index (Phi) is 5.97. The lowest BCUT2D eigenvalue weighted by Crippen LogP contribution is -2.42. The van der Waals surface area contributed by atoms with Crippen molar-refractivity contribution >= 4 is 22.6 Å². The number of fused-ring (bicyclic) bond motifs is 1. The number of pyridine rings is 2. The average Bonchev–Trinajstić information content (AvgIpc) is 3.41. The minimum Gasteiger partial charge on any atom is -0.396 e. The summed E-state index contributed by atoms with van der Waals surface area (Å²) in [6.45, 7) is 2.33. The molecule has 33 heavy (non-hydrogen) atoms. The normalized spacial score (nSPS) is 18.5. The molecule has 0 bridgehead atoms. The Morgan fingerprint density at radius 2 is 2.15 bits per heavy atom. The summed E-state index contributed by atoms with van der Waals surface area (Å²) in [7, 11) is 0. The number of aromatic nitrogens is 4. The zero-order valence-corrected chi connectivity index (χ0v) is 18.2. The zero-order valence-electron chi connectivity index (χ0n) is 18.2. The summed E-state index contributed by atoms with van der Waals surface area (Å²) in [5, 5.41) is 38.9. The molecule has 1 aliphatic rings. The zero-order chi connectivity index (χ0) is 23.8. The predicted molar refractivity (Wildman–Crippen MR) is 118 cm³/mol. The van der Waals surface area contributed by atoms with E-state index in [0.29, 0.717) is 28.1 Å². The van der Waals surface area contributed by atoms with E-state index in [0.717, 1.165) is 6.42 Å². The highest BCUT2D eigenvalue weighted by molar-refractivity contribution is 5.99. The van der Waals surface area contributed by atoms with Gasteiger partial charge in [0.1, 0.15) is 12.2 Å². The molecule has 0 aromatic carbocycles. The van der Waals surface area contributed by atoms with Crippen molar-refractivity contribution in [2.45, 2.75) is 38.1 Å². The van der Waals surface area contributed by atoms with Gasteiger partial charge in [-0.3, -0.25) is 4.79 Å². The summed E-state index contributed by atoms with van der Waals surface area (Å²) in [5.41, 5.74) is -0.0331. The standard InChI is InChI=1S/C22H24FN7O3/c1-22(2,33)18(23)10-27-21(32)15-9-25-19(5-17(15)29-16-4-14(16)11-31)30-20-13(8-28-30)3-12(6-24)7-26-20/h3,5,7-9,14,16,18,31,33H,4,10-11H2,1-2H3,(H,25,29)(H,27,32)/t14-,16+,18?/m0/s1. The molecule has 0 aliphatic heterocycles. The highest BCUT2D eigenvalue weighted by Gasteiger charge is 2.37. The highest BCUT2D eigenvalue weighted by atomic mass is 19.1. The molecule has 3 atom stereocenters. The van der Waals surface area contributed by atoms with Gasteiger partial charge in [0, 0.05) is 42.4 Å². The number of alkyl halides is 1. The number of aliphatic hydroxyl groups excluding tert-OH is 1. The maximum Gasteiger partial charge on any atom is 0.255 e. The molecular formula is C22H24FN7O3. The first kappa shape index (κ1) is 22.6. The van der Waals surface area contributed by atoms with Crippen molar-refractivity contribution in [1.29, 1.82) is 5.26 Å². The summed E-state index contributed by atoms with van der Waals surface area (Å²) in [6.07, 6.45) is 3.47. The van der Waals surface area contributed by atoms with E-state index in [1.165, 1.54) is 30.9 Å². The predicted octanol–water partition coefficient (Wildman–Crippen LogP) is 1.32. The minimum atomic E-state index is -1.65. The molecule has 10 nitrogen and oxygen atoms in total. The number of hydrogen-bond donors (Lipinski definition) is 4. The Morgan fingerprint density at radius 1 is 1.36 bits per heavy atom. The van der Waals surface area contributed by atoms with Crippen molar-refractivity contribution in [1.82, 2.24) is 25.1 Å². The lowest BCUT2D eigenvalue weighted by Gasteiger charge is -2.22. The highest BCUT2D eigenvalue weighted by Crippen LogP contribution is 2.34. The van der Waals surface area contributed by atoms with Crippen molar-refractivity contribution in [3.05, 3.63) is 41.9 Å². The Hall–Kier alpha value is -3.62. The second kappa shape index (κ2) is 8.73. The molecule has 4 N–H and O–H groups in total. The van der Waals surface area contributed by atoms with Crippen LogP contribution in [0.3, 0.4) is 0 Å². The summed E-state index contributed by atoms with van der Waals surface area (Å²) in [6, 6.07) is 5.33. The molecular weight excluding hydrogens is 429 g/mol. The number of halogens is 1. The van der Waals surface area contributed by atoms with Crippen LogP contribution in [0, 0.1) is 17.2 Å². The Bertz CT molecular complexity index is 1230. The summed E-state index contributed by atoms with van der Waals surface area (Å²) < 4.78 is 15.6. The van der Waals surface area contributed by atoms with Crippen LogP contribution in [-0.2, 0) is 0 Å². The van der Waals surface area contributed by atoms with E-state index >= 15 is 0 Å². The van der Waals surface area contributed by atoms with Gasteiger partial charge in [-0.2, -0.15) is 15.0 Å². The van der Waals surface area contributed by atoms with E-state index in [4.69, 9.17) is 5.26 Å². The van der Waals surface area contributed by atoms with E-state index in [9.17, 15) is 19.4 Å². The van der Waals surface area contributed by atoms with Crippen molar-refractivity contribution in [2.75, 3.05) is 18.5 Å². The van der Waals surface area contributed by atoms with Crippen molar-refractivity contribution in [3.8, 4) is 11.9 Å². The van der Waals surface area contributed by atoms with Gasteiger partial charge in [0.15, 0.2) is 11.5 Å². The van der Waals surface area contributed by atoms with Crippen LogP contribution in [0.5, 0.6) is 0 Å². The Balaban J connectivity index is 1.64. The quantitative estimate of drug-likeness (QED) is 0.399. The van der Waals surface area contributed by atoms with Gasteiger partial charge in [0.05, 0.1) is 35.2 Å². The molecule has 0 spiro atoms. The van der Waals surface area contributed by atoms with E-state index in [-0.39, 0.29) is 30.7 Å². The van der Waals surface area contributed by atoms with Gasteiger partial charge in [-0.1, -0.05) is 0 Å². The molecule has 3 heterocycles. The maximum atomic E-state index is 14.1. The van der Waals surface area contributed by atoms with Crippen molar-refractivity contribution in [3.63, 3.8) is 0 Å². The van der Waals surface area contributed by atoms with Crippen LogP contribution in [-0.4, -0.2) is 66.8 Å². The lowest BCUT2D eigenvalue weighted by molar-refractivity contribution is -0.00177. The molecule has 0 saturated heterocycles. The monoisotopic (exact) mass is 453 g/mol. The van der Waals surface area contributed by atoms with Gasteiger partial charge in [-0.05, 0) is 26.3 Å². The number of anilines is 1. The van der Waals surface area contributed by atoms with Crippen LogP contribution in [0.15, 0.2) is 30.7 Å². The van der Waals surface area contributed by atoms with Gasteiger partial charge < -0.3 is 20.8 Å². The van der Waals surface area contributed by atoms with Crippen molar-refractivity contribution < 1.29 is 19.4 Å². The van der Waals surface area contributed by atoms with Crippen LogP contribution in [0.4, 0.5) is 10.1 Å². The van der Waals surface area contributed by atoms with Crippen LogP contribution in [0.1, 0.15) is 36.2 Å². The number of carbonyl (C=O) groups excluding carboxylic acids is 1. The number of nitriles is 1. The number of nitrogens with zero attached hydrogens (tertiary/aromatic N) is 5. The largest absolute Gasteiger partial charge is 0.396 e. The molecule has 1 saturated carbocycles. The minimum absolute atomic E-state index is 0.00669. The Morgan fingerprint density at radius 3 is 2.82 bits per heavy atom. The molecule has 1 unspecified atom stereocenters. The third-order valence-corrected chi connectivity index (χ3v) is 5.59. The van der Waals surface area contributed by atoms with Gasteiger partial charge in [0.25, 0.3) is 5.91 Å². The lowest BCUT2D eigenvalue weighted by atomic mass is 10.0. The second-order valence-corrected chi connectivity index (χ2v) is 8.65. The average molecular weight is 453 g/mol. The van der Waals surface area contributed by atoms with Gasteiger partial charge in [0.2, 0.25) is 0 Å². The molecule has 0 radical (unpaired) electrons. The van der Waals surface area contributed by atoms with E-state index in [1.807, 2.05) is 6.07 Å². The second-order valence-electron chi connectivity index (χ2n) is 8.65. The summed E-state index contributed by atoms with van der Waals surface area (Å²) >= 11 is 0. The number of carbonyl (C=O) groups is 1. The summed E-state index contributed by atoms with van der Waals surface area (Å²) in [5.74, 6) is -0.0754. The van der Waals surface area contributed by atoms with Crippen molar-refractivity contribution in [2.24, 2.45) is 5.92 Å². The van der Waals surface area contributed by atoms with Gasteiger partial charge in [-0.25, -0.2) is 14.4 Å². The molecule has 1 amide bonds. The smallest absolute Gasteiger partial charge is 0.255 e. The number of aliphatic hydroxyl groups is 2. The number of nitrogens with one attached hydrogen (secondary N) is 2. The van der Waals surface area contributed by atoms with Crippen LogP contribution in [0.25, 0.3) is 16.9 Å².